The number of hydrogen-bond acceptors (Lipinski definition) is 3. The number of nitrogens with one attached hydrogen (secondary N) is 1. The van der Waals surface area contributed by atoms with E-state index in [-0.39, 0.29) is 12.5 Å². The predicted molar refractivity (Wildman–Crippen MR) is 120 cm³/mol. The lowest BCUT2D eigenvalue weighted by atomic mass is 10.0. The summed E-state index contributed by atoms with van der Waals surface area (Å²) in [5.74, 6) is -1.88. The summed E-state index contributed by atoms with van der Waals surface area (Å²) in [5, 5.41) is 2.42. The number of esters is 1. The quantitative estimate of drug-likeness (QED) is 0.230. The van der Waals surface area contributed by atoms with Gasteiger partial charge in [0.2, 0.25) is 0 Å². The van der Waals surface area contributed by atoms with E-state index in [2.05, 4.69) is 12.2 Å². The summed E-state index contributed by atoms with van der Waals surface area (Å²) in [6.45, 7) is 5.87. The lowest BCUT2D eigenvalue weighted by molar-refractivity contribution is -0.147. The minimum Gasteiger partial charge on any atom is -0.464 e. The zero-order valence-electron chi connectivity index (χ0n) is 19.6. The molecule has 1 unspecified atom stereocenters. The maximum atomic E-state index is 13.2. The Morgan fingerprint density at radius 2 is 1.44 bits per heavy atom. The number of carbonyl (C=O) groups is 2. The number of amides is 1. The molecule has 0 aliphatic rings. The Bertz CT molecular complexity index is 689. The second-order valence-corrected chi connectivity index (χ2v) is 8.59. The molecule has 0 aromatic heterocycles. The summed E-state index contributed by atoms with van der Waals surface area (Å²) < 4.78 is 44.8. The minimum atomic E-state index is -4.66. The molecular weight excluding hydrogens is 419 g/mol. The molecule has 0 fully saturated rings. The Morgan fingerprint density at radius 3 is 1.97 bits per heavy atom. The molecule has 1 N–H and O–H groups in total. The van der Waals surface area contributed by atoms with E-state index in [1.54, 1.807) is 13.8 Å². The van der Waals surface area contributed by atoms with Crippen LogP contribution in [-0.2, 0) is 15.7 Å². The molecule has 7 heteroatoms. The van der Waals surface area contributed by atoms with E-state index in [0.29, 0.717) is 0 Å². The molecule has 0 aliphatic heterocycles. The highest BCUT2D eigenvalue weighted by atomic mass is 19.4. The van der Waals surface area contributed by atoms with Gasteiger partial charge in [0.05, 0.1) is 17.7 Å². The van der Waals surface area contributed by atoms with Crippen molar-refractivity contribution in [3.05, 3.63) is 35.4 Å². The van der Waals surface area contributed by atoms with Crippen LogP contribution < -0.4 is 5.32 Å². The summed E-state index contributed by atoms with van der Waals surface area (Å²) >= 11 is 0. The summed E-state index contributed by atoms with van der Waals surface area (Å²) in [7, 11) is 0. The lowest BCUT2D eigenvalue weighted by Gasteiger charge is -2.22. The minimum absolute atomic E-state index is 0.244. The Kier molecular flexibility index (Phi) is 13.0. The third kappa shape index (κ3) is 10.5. The van der Waals surface area contributed by atoms with Gasteiger partial charge in [-0.3, -0.25) is 4.79 Å². The molecule has 1 aromatic carbocycles. The summed E-state index contributed by atoms with van der Waals surface area (Å²) in [6.07, 6.45) is 6.94. The number of halogens is 3. The van der Waals surface area contributed by atoms with Crippen molar-refractivity contribution in [1.82, 2.24) is 5.32 Å². The van der Waals surface area contributed by atoms with Crippen LogP contribution in [0.3, 0.4) is 0 Å². The summed E-state index contributed by atoms with van der Waals surface area (Å²) in [5.41, 5.74) is -1.54. The summed E-state index contributed by atoms with van der Waals surface area (Å²) in [4.78, 5) is 24.9. The Labute approximate surface area is 190 Å². The fraction of sp³-hybridized carbons (Fsp3) is 0.680. The average Bonchev–Trinajstić information content (AvgIpc) is 2.74. The molecule has 0 heterocycles. The fourth-order valence-corrected chi connectivity index (χ4v) is 3.50. The number of hydrogen-bond donors (Lipinski definition) is 1. The molecule has 1 aromatic rings. The average molecular weight is 458 g/mol. The van der Waals surface area contributed by atoms with Crippen LogP contribution in [0.15, 0.2) is 24.3 Å². The molecule has 32 heavy (non-hydrogen) atoms. The highest BCUT2D eigenvalue weighted by molar-refractivity contribution is 5.98. The summed E-state index contributed by atoms with van der Waals surface area (Å²) in [6, 6.07) is 3.53. The van der Waals surface area contributed by atoms with E-state index >= 15 is 0 Å². The van der Waals surface area contributed by atoms with Gasteiger partial charge in [-0.25, -0.2) is 4.79 Å². The van der Waals surface area contributed by atoms with Gasteiger partial charge in [0.25, 0.3) is 5.91 Å². The molecule has 182 valence electrons. The van der Waals surface area contributed by atoms with E-state index in [1.807, 2.05) is 0 Å². The zero-order chi connectivity index (χ0) is 24.0. The second kappa shape index (κ2) is 14.9. The number of carbonyl (C=O) groups excluding carboxylic acids is 2. The van der Waals surface area contributed by atoms with Crippen LogP contribution in [0.2, 0.25) is 0 Å². The van der Waals surface area contributed by atoms with Gasteiger partial charge in [0, 0.05) is 0 Å². The van der Waals surface area contributed by atoms with Crippen LogP contribution >= 0.6 is 0 Å². The van der Waals surface area contributed by atoms with Gasteiger partial charge in [-0.15, -0.1) is 0 Å². The first-order chi connectivity index (χ1) is 15.2. The molecular formula is C25H38F3NO3. The maximum Gasteiger partial charge on any atom is 0.417 e. The Balaban J connectivity index is 2.41. The molecule has 0 bridgehead atoms. The van der Waals surface area contributed by atoms with Gasteiger partial charge in [-0.05, 0) is 24.5 Å². The third-order valence-corrected chi connectivity index (χ3v) is 5.43. The van der Waals surface area contributed by atoms with Crippen molar-refractivity contribution in [2.75, 3.05) is 6.61 Å². The van der Waals surface area contributed by atoms with E-state index < -0.39 is 35.2 Å². The highest BCUT2D eigenvalue weighted by Gasteiger charge is 2.36. The molecule has 4 nitrogen and oxygen atoms in total. The zero-order valence-corrected chi connectivity index (χ0v) is 19.6. The first kappa shape index (κ1) is 28.0. The normalized spacial score (nSPS) is 12.6. The van der Waals surface area contributed by atoms with E-state index in [4.69, 9.17) is 4.74 Å². The smallest absolute Gasteiger partial charge is 0.417 e. The predicted octanol–water partition coefficient (Wildman–Crippen LogP) is 6.92. The fourth-order valence-electron chi connectivity index (χ4n) is 3.50. The van der Waals surface area contributed by atoms with Gasteiger partial charge < -0.3 is 10.1 Å². The van der Waals surface area contributed by atoms with Crippen molar-refractivity contribution in [2.45, 2.75) is 97.2 Å². The van der Waals surface area contributed by atoms with Crippen molar-refractivity contribution in [3.63, 3.8) is 0 Å². The number of alkyl halides is 3. The lowest BCUT2D eigenvalue weighted by Crippen LogP contribution is -2.45. The van der Waals surface area contributed by atoms with Gasteiger partial charge in [-0.1, -0.05) is 90.7 Å². The molecule has 0 radical (unpaired) electrons. The van der Waals surface area contributed by atoms with Crippen LogP contribution in [0.4, 0.5) is 13.2 Å². The molecule has 1 rings (SSSR count). The highest BCUT2D eigenvalue weighted by Crippen LogP contribution is 2.31. The SMILES string of the molecule is CCCCCCCCCCCCOC(=O)C(NC(=O)c1ccccc1C(F)(F)F)C(C)C. The molecule has 1 amide bonds. The van der Waals surface area contributed by atoms with Gasteiger partial charge in [0.1, 0.15) is 6.04 Å². The van der Waals surface area contributed by atoms with Crippen molar-refractivity contribution in [3.8, 4) is 0 Å². The molecule has 0 spiro atoms. The van der Waals surface area contributed by atoms with E-state index in [0.717, 1.165) is 31.4 Å². The maximum absolute atomic E-state index is 13.2. The van der Waals surface area contributed by atoms with Gasteiger partial charge in [-0.2, -0.15) is 13.2 Å². The van der Waals surface area contributed by atoms with Crippen LogP contribution in [0.25, 0.3) is 0 Å². The number of unbranched alkanes of at least 4 members (excludes halogenated alkanes) is 9. The first-order valence-corrected chi connectivity index (χ1v) is 11.8. The molecule has 0 saturated heterocycles. The standard InChI is InChI=1S/C25H38F3NO3/c1-4-5-6-7-8-9-10-11-12-15-18-32-24(31)22(19(2)3)29-23(30)20-16-13-14-17-21(20)25(26,27)28/h13-14,16-17,19,22H,4-12,15,18H2,1-3H3,(H,29,30). The van der Waals surface area contributed by atoms with Crippen LogP contribution in [0.5, 0.6) is 0 Å². The van der Waals surface area contributed by atoms with Gasteiger partial charge >= 0.3 is 12.1 Å². The molecule has 0 saturated carbocycles. The van der Waals surface area contributed by atoms with Crippen LogP contribution in [-0.4, -0.2) is 24.5 Å². The van der Waals surface area contributed by atoms with Crippen molar-refractivity contribution >= 4 is 11.9 Å². The molecule has 0 aliphatic carbocycles. The number of benzene rings is 1. The number of ether oxygens (including phenoxy) is 1. The monoisotopic (exact) mass is 457 g/mol. The topological polar surface area (TPSA) is 55.4 Å². The largest absolute Gasteiger partial charge is 0.464 e. The number of rotatable bonds is 15. The van der Waals surface area contributed by atoms with Crippen molar-refractivity contribution < 1.29 is 27.5 Å². The second-order valence-electron chi connectivity index (χ2n) is 8.59. The third-order valence-electron chi connectivity index (χ3n) is 5.43. The van der Waals surface area contributed by atoms with Crippen molar-refractivity contribution in [1.29, 1.82) is 0 Å². The van der Waals surface area contributed by atoms with Crippen LogP contribution in [0.1, 0.15) is 101 Å². The van der Waals surface area contributed by atoms with Gasteiger partial charge in [0.15, 0.2) is 0 Å². The molecule has 1 atom stereocenters. The van der Waals surface area contributed by atoms with E-state index in [9.17, 15) is 22.8 Å². The Hall–Kier alpha value is -2.05. The van der Waals surface area contributed by atoms with Crippen LogP contribution in [0, 0.1) is 5.92 Å². The first-order valence-electron chi connectivity index (χ1n) is 11.8. The van der Waals surface area contributed by atoms with E-state index in [1.165, 1.54) is 57.1 Å². The van der Waals surface area contributed by atoms with Crippen molar-refractivity contribution in [2.24, 2.45) is 5.92 Å². The Morgan fingerprint density at radius 1 is 0.906 bits per heavy atom.